The number of aromatic nitrogens is 2. The number of rotatable bonds is 9. The number of nitrogens with zero attached hydrogens (tertiary/aromatic N) is 5. The number of fused-ring (bicyclic) bond motifs is 1. The number of aliphatic imine (C=N–C) groups is 1. The number of ether oxygens (including phenoxy) is 1. The lowest BCUT2D eigenvalue weighted by Crippen LogP contribution is -2.28. The maximum absolute atomic E-state index is 13.2. The summed E-state index contributed by atoms with van der Waals surface area (Å²) in [4.78, 5) is 30.9. The summed E-state index contributed by atoms with van der Waals surface area (Å²) < 4.78 is 5.61. The van der Waals surface area contributed by atoms with Gasteiger partial charge < -0.3 is 19.9 Å². The number of methoxy groups -OCH3 is 1. The molecule has 36 heavy (non-hydrogen) atoms. The van der Waals surface area contributed by atoms with Crippen molar-refractivity contribution in [2.75, 3.05) is 38.7 Å². The topological polar surface area (TPSA) is 94.8 Å². The molecule has 1 aromatic heterocycles. The van der Waals surface area contributed by atoms with Crippen LogP contribution >= 0.6 is 0 Å². The highest BCUT2D eigenvalue weighted by molar-refractivity contribution is 5.96. The summed E-state index contributed by atoms with van der Waals surface area (Å²) in [6.07, 6.45) is 9.24. The van der Waals surface area contributed by atoms with E-state index in [4.69, 9.17) is 15.1 Å². The molecule has 1 N–H and O–H groups in total. The van der Waals surface area contributed by atoms with Crippen LogP contribution < -0.4 is 9.64 Å². The van der Waals surface area contributed by atoms with Crippen molar-refractivity contribution in [3.05, 3.63) is 53.9 Å². The molecule has 1 saturated heterocycles. The van der Waals surface area contributed by atoms with Crippen LogP contribution in [0.25, 0.3) is 11.0 Å². The Morgan fingerprint density at radius 2 is 2.00 bits per heavy atom. The summed E-state index contributed by atoms with van der Waals surface area (Å²) in [5.41, 5.74) is 4.82. The molecule has 8 nitrogen and oxygen atoms in total. The van der Waals surface area contributed by atoms with Crippen molar-refractivity contribution in [3.8, 4) is 5.75 Å². The second-order valence-electron chi connectivity index (χ2n) is 9.54. The average molecular weight is 485 g/mol. The highest BCUT2D eigenvalue weighted by Crippen LogP contribution is 2.38. The van der Waals surface area contributed by atoms with Gasteiger partial charge in [0.05, 0.1) is 36.0 Å². The number of likely N-dealkylation sites (tertiary alicyclic amines) is 1. The zero-order valence-electron chi connectivity index (χ0n) is 20.9. The first-order valence-electron chi connectivity index (χ1n) is 12.5. The summed E-state index contributed by atoms with van der Waals surface area (Å²) in [5, 5.41) is 7.74. The lowest BCUT2D eigenvalue weighted by molar-refractivity contribution is 0.0792. The molecule has 5 rings (SSSR count). The van der Waals surface area contributed by atoms with Crippen molar-refractivity contribution in [1.82, 2.24) is 14.9 Å². The fraction of sp³-hybridized carbons (Fsp3) is 0.393. The van der Waals surface area contributed by atoms with Crippen LogP contribution in [0, 0.1) is 11.3 Å². The largest absolute Gasteiger partial charge is 0.497 e. The van der Waals surface area contributed by atoms with Crippen molar-refractivity contribution >= 4 is 40.7 Å². The Hall–Kier alpha value is -3.81. The van der Waals surface area contributed by atoms with E-state index in [1.807, 2.05) is 35.2 Å². The van der Waals surface area contributed by atoms with E-state index >= 15 is 0 Å². The lowest BCUT2D eigenvalue weighted by atomic mass is 10.1. The van der Waals surface area contributed by atoms with Gasteiger partial charge in [-0.1, -0.05) is 0 Å². The molecule has 2 heterocycles. The molecule has 1 atom stereocenters. The number of benzene rings is 2. The molecule has 2 aliphatic rings. The van der Waals surface area contributed by atoms with Crippen LogP contribution in [0.1, 0.15) is 47.7 Å². The first-order chi connectivity index (χ1) is 17.6. The van der Waals surface area contributed by atoms with Gasteiger partial charge in [0.2, 0.25) is 0 Å². The van der Waals surface area contributed by atoms with Gasteiger partial charge in [0.25, 0.3) is 5.91 Å². The predicted octanol–water partition coefficient (Wildman–Crippen LogP) is 4.86. The summed E-state index contributed by atoms with van der Waals surface area (Å²) in [6, 6.07) is 11.9. The highest BCUT2D eigenvalue weighted by atomic mass is 16.5. The number of hydrogen-bond donors (Lipinski definition) is 1. The standard InChI is InChI=1S/C28H32N6O2/c1-30-16-21(15-29)27-17-31-25-8-7-22(14-26(25)32-27)34(18-19-5-6-19)23-11-20(12-24(13-23)36-2)28(35)33-9-3-4-10-33/h7-8,11-17,19,21,29H,3-6,9-10,18H2,1-2H3. The molecular formula is C28H32N6O2. The van der Waals surface area contributed by atoms with Crippen LogP contribution in [0.2, 0.25) is 0 Å². The van der Waals surface area contributed by atoms with E-state index in [1.54, 1.807) is 26.6 Å². The summed E-state index contributed by atoms with van der Waals surface area (Å²) in [7, 11) is 3.33. The molecule has 1 aliphatic carbocycles. The van der Waals surface area contributed by atoms with Crippen LogP contribution in [-0.4, -0.2) is 67.0 Å². The molecule has 2 aromatic carbocycles. The monoisotopic (exact) mass is 484 g/mol. The van der Waals surface area contributed by atoms with Crippen LogP contribution in [0.5, 0.6) is 5.75 Å². The smallest absolute Gasteiger partial charge is 0.254 e. The van der Waals surface area contributed by atoms with E-state index in [0.717, 1.165) is 54.9 Å². The Balaban J connectivity index is 1.55. The molecule has 1 amide bonds. The Morgan fingerprint density at radius 3 is 2.69 bits per heavy atom. The Morgan fingerprint density at radius 1 is 1.19 bits per heavy atom. The second kappa shape index (κ2) is 10.4. The van der Waals surface area contributed by atoms with Gasteiger partial charge in [-0.15, -0.1) is 0 Å². The fourth-order valence-corrected chi connectivity index (χ4v) is 4.71. The first kappa shape index (κ1) is 23.9. The number of hydrogen-bond acceptors (Lipinski definition) is 7. The van der Waals surface area contributed by atoms with Gasteiger partial charge in [-0.2, -0.15) is 0 Å². The van der Waals surface area contributed by atoms with E-state index in [9.17, 15) is 4.79 Å². The van der Waals surface area contributed by atoms with Crippen molar-refractivity contribution in [3.63, 3.8) is 0 Å². The van der Waals surface area contributed by atoms with Gasteiger partial charge in [0.15, 0.2) is 0 Å². The van der Waals surface area contributed by atoms with E-state index in [-0.39, 0.29) is 11.8 Å². The average Bonchev–Trinajstić information content (AvgIpc) is 3.58. The van der Waals surface area contributed by atoms with Crippen LogP contribution in [-0.2, 0) is 0 Å². The molecule has 1 unspecified atom stereocenters. The minimum Gasteiger partial charge on any atom is -0.497 e. The normalized spacial score (nSPS) is 16.4. The quantitative estimate of drug-likeness (QED) is 0.438. The molecule has 8 heteroatoms. The molecule has 0 spiro atoms. The maximum atomic E-state index is 13.2. The van der Waals surface area contributed by atoms with Gasteiger partial charge in [-0.05, 0) is 61.9 Å². The van der Waals surface area contributed by atoms with Crippen LogP contribution in [0.3, 0.4) is 0 Å². The fourth-order valence-electron chi connectivity index (χ4n) is 4.71. The SMILES string of the molecule is CN=CC(C=N)c1cnc2ccc(N(CC3CC3)c3cc(OC)cc(C(=O)N4CCCC4)c3)cc2n1. The number of anilines is 2. The maximum Gasteiger partial charge on any atom is 0.254 e. The zero-order chi connectivity index (χ0) is 25.1. The molecule has 1 saturated carbocycles. The van der Waals surface area contributed by atoms with Crippen LogP contribution in [0.4, 0.5) is 11.4 Å². The van der Waals surface area contributed by atoms with E-state index in [0.29, 0.717) is 22.9 Å². The van der Waals surface area contributed by atoms with Crippen LogP contribution in [0.15, 0.2) is 47.6 Å². The minimum absolute atomic E-state index is 0.0586. The molecule has 186 valence electrons. The number of carbonyl (C=O) groups excluding carboxylic acids is 1. The summed E-state index contributed by atoms with van der Waals surface area (Å²) >= 11 is 0. The Labute approximate surface area is 211 Å². The molecule has 2 fully saturated rings. The van der Waals surface area contributed by atoms with Gasteiger partial charge in [0.1, 0.15) is 5.75 Å². The molecular weight excluding hydrogens is 452 g/mol. The zero-order valence-corrected chi connectivity index (χ0v) is 20.9. The van der Waals surface area contributed by atoms with Crippen molar-refractivity contribution < 1.29 is 9.53 Å². The Bertz CT molecular complexity index is 1300. The number of nitrogens with one attached hydrogen (secondary N) is 1. The third kappa shape index (κ3) is 5.08. The van der Waals surface area contributed by atoms with Crippen molar-refractivity contribution in [2.45, 2.75) is 31.6 Å². The lowest BCUT2D eigenvalue weighted by Gasteiger charge is -2.27. The highest BCUT2D eigenvalue weighted by Gasteiger charge is 2.27. The Kier molecular flexibility index (Phi) is 6.93. The number of amides is 1. The molecule has 0 bridgehead atoms. The molecule has 1 aliphatic heterocycles. The van der Waals surface area contributed by atoms with E-state index < -0.39 is 0 Å². The molecule has 0 radical (unpaired) electrons. The van der Waals surface area contributed by atoms with E-state index in [1.165, 1.54) is 19.1 Å². The summed E-state index contributed by atoms with van der Waals surface area (Å²) in [5.74, 6) is 1.04. The van der Waals surface area contributed by atoms with Gasteiger partial charge in [-0.25, -0.2) is 4.98 Å². The van der Waals surface area contributed by atoms with Crippen molar-refractivity contribution in [1.29, 1.82) is 5.41 Å². The van der Waals surface area contributed by atoms with E-state index in [2.05, 4.69) is 20.9 Å². The van der Waals surface area contributed by atoms with Crippen molar-refractivity contribution in [2.24, 2.45) is 10.9 Å². The summed E-state index contributed by atoms with van der Waals surface area (Å²) in [6.45, 7) is 2.47. The second-order valence-corrected chi connectivity index (χ2v) is 9.54. The van der Waals surface area contributed by atoms with Gasteiger partial charge in [0, 0.05) is 62.1 Å². The first-order valence-corrected chi connectivity index (χ1v) is 12.5. The third-order valence-corrected chi connectivity index (χ3v) is 6.90. The van der Waals surface area contributed by atoms with Gasteiger partial charge >= 0.3 is 0 Å². The predicted molar refractivity (Wildman–Crippen MR) is 143 cm³/mol. The molecule has 3 aromatic rings. The third-order valence-electron chi connectivity index (χ3n) is 6.90. The number of carbonyl (C=O) groups is 1. The van der Waals surface area contributed by atoms with Gasteiger partial charge in [-0.3, -0.25) is 14.8 Å². The minimum atomic E-state index is -0.310.